The van der Waals surface area contributed by atoms with Crippen LogP contribution >= 0.6 is 0 Å². The molecule has 1 saturated carbocycles. The third-order valence-corrected chi connectivity index (χ3v) is 5.88. The number of nitrogens with zero attached hydrogens (tertiary/aromatic N) is 3. The van der Waals surface area contributed by atoms with Crippen LogP contribution in [0.4, 0.5) is 5.69 Å². The van der Waals surface area contributed by atoms with Gasteiger partial charge in [-0.2, -0.15) is 0 Å². The molecule has 24 heavy (non-hydrogen) atoms. The number of hydrogen-bond acceptors (Lipinski definition) is 5. The number of nitrogens with two attached hydrogens (primary N) is 1. The fraction of sp³-hybridized carbons (Fsp3) is 0.684. The molecule has 132 valence electrons. The first-order chi connectivity index (χ1) is 11.8. The van der Waals surface area contributed by atoms with E-state index in [1.54, 1.807) is 0 Å². The lowest BCUT2D eigenvalue weighted by atomic mass is 9.87. The third-order valence-electron chi connectivity index (χ3n) is 5.88. The van der Waals surface area contributed by atoms with E-state index in [-0.39, 0.29) is 0 Å². The lowest BCUT2D eigenvalue weighted by Crippen LogP contribution is -2.56. The highest BCUT2D eigenvalue weighted by molar-refractivity contribution is 5.46. The van der Waals surface area contributed by atoms with Crippen molar-refractivity contribution in [2.75, 3.05) is 44.2 Å². The number of para-hydroxylation sites is 1. The number of ether oxygens (including phenoxy) is 1. The first-order valence-corrected chi connectivity index (χ1v) is 9.47. The maximum absolute atomic E-state index is 6.27. The number of piperazine rings is 1. The Labute approximate surface area is 145 Å². The van der Waals surface area contributed by atoms with Gasteiger partial charge in [-0.25, -0.2) is 5.01 Å². The number of benzene rings is 1. The summed E-state index contributed by atoms with van der Waals surface area (Å²) >= 11 is 0. The van der Waals surface area contributed by atoms with E-state index in [1.165, 1.54) is 31.6 Å². The number of piperidine rings is 1. The van der Waals surface area contributed by atoms with Crippen molar-refractivity contribution < 1.29 is 4.74 Å². The zero-order valence-corrected chi connectivity index (χ0v) is 14.5. The molecule has 0 atom stereocenters. The van der Waals surface area contributed by atoms with Crippen LogP contribution in [0.1, 0.15) is 25.7 Å². The van der Waals surface area contributed by atoms with E-state index in [4.69, 9.17) is 10.6 Å². The predicted molar refractivity (Wildman–Crippen MR) is 96.9 cm³/mol. The summed E-state index contributed by atoms with van der Waals surface area (Å²) in [6, 6.07) is 11.5. The zero-order valence-electron chi connectivity index (χ0n) is 14.5. The van der Waals surface area contributed by atoms with Crippen LogP contribution in [-0.2, 0) is 4.74 Å². The average Bonchev–Trinajstić information content (AvgIpc) is 2.60. The molecule has 0 unspecified atom stereocenters. The Kier molecular flexibility index (Phi) is 5.03. The summed E-state index contributed by atoms with van der Waals surface area (Å²) in [5, 5.41) is 1.91. The van der Waals surface area contributed by atoms with Gasteiger partial charge in [0.1, 0.15) is 0 Å². The van der Waals surface area contributed by atoms with Crippen molar-refractivity contribution in [3.63, 3.8) is 0 Å². The van der Waals surface area contributed by atoms with Gasteiger partial charge >= 0.3 is 0 Å². The van der Waals surface area contributed by atoms with E-state index >= 15 is 0 Å². The van der Waals surface area contributed by atoms with Crippen LogP contribution in [0.3, 0.4) is 0 Å². The van der Waals surface area contributed by atoms with Gasteiger partial charge in [0.05, 0.1) is 12.2 Å². The second kappa shape index (κ2) is 7.40. The summed E-state index contributed by atoms with van der Waals surface area (Å²) in [4.78, 5) is 5.17. The SMILES string of the molecule is NN1CCC(OC2CC(N3CCN(c4ccccc4)CC3)C2)CC1. The molecule has 2 aliphatic heterocycles. The minimum absolute atomic E-state index is 0.436. The van der Waals surface area contributed by atoms with E-state index in [2.05, 4.69) is 40.1 Å². The van der Waals surface area contributed by atoms with Crippen LogP contribution in [0.5, 0.6) is 0 Å². The molecule has 2 saturated heterocycles. The van der Waals surface area contributed by atoms with Crippen molar-refractivity contribution in [1.29, 1.82) is 0 Å². The molecule has 0 aromatic heterocycles. The molecule has 0 amide bonds. The summed E-state index contributed by atoms with van der Waals surface area (Å²) in [6.07, 6.45) is 5.53. The molecule has 3 fully saturated rings. The van der Waals surface area contributed by atoms with Gasteiger partial charge in [0, 0.05) is 51.0 Å². The fourth-order valence-electron chi connectivity index (χ4n) is 4.22. The van der Waals surface area contributed by atoms with Crippen molar-refractivity contribution in [3.05, 3.63) is 30.3 Å². The Morgan fingerprint density at radius 3 is 2.17 bits per heavy atom. The van der Waals surface area contributed by atoms with E-state index in [9.17, 15) is 0 Å². The normalized spacial score (nSPS) is 30.3. The first-order valence-electron chi connectivity index (χ1n) is 9.47. The molecular formula is C19H30N4O. The van der Waals surface area contributed by atoms with Crippen molar-refractivity contribution >= 4 is 5.69 Å². The van der Waals surface area contributed by atoms with Crippen LogP contribution in [0, 0.1) is 0 Å². The van der Waals surface area contributed by atoms with Gasteiger partial charge in [-0.1, -0.05) is 18.2 Å². The standard InChI is InChI=1S/C19H30N4O/c20-23-8-6-18(7-9-23)24-19-14-17(15-19)22-12-10-21(11-13-22)16-4-2-1-3-5-16/h1-5,17-19H,6-15,20H2. The average molecular weight is 330 g/mol. The van der Waals surface area contributed by atoms with Crippen LogP contribution < -0.4 is 10.7 Å². The van der Waals surface area contributed by atoms with Gasteiger partial charge < -0.3 is 9.64 Å². The smallest absolute Gasteiger partial charge is 0.0608 e. The lowest BCUT2D eigenvalue weighted by molar-refractivity contribution is -0.104. The van der Waals surface area contributed by atoms with Gasteiger partial charge in [0.2, 0.25) is 0 Å². The summed E-state index contributed by atoms with van der Waals surface area (Å²) in [5.41, 5.74) is 1.36. The molecule has 5 nitrogen and oxygen atoms in total. The minimum atomic E-state index is 0.436. The van der Waals surface area contributed by atoms with Crippen LogP contribution in [-0.4, -0.2) is 67.4 Å². The van der Waals surface area contributed by atoms with E-state index in [0.717, 1.165) is 45.1 Å². The largest absolute Gasteiger partial charge is 0.375 e. The highest BCUT2D eigenvalue weighted by atomic mass is 16.5. The van der Waals surface area contributed by atoms with Crippen LogP contribution in [0.2, 0.25) is 0 Å². The number of anilines is 1. The van der Waals surface area contributed by atoms with Crippen LogP contribution in [0.15, 0.2) is 30.3 Å². The Morgan fingerprint density at radius 1 is 0.833 bits per heavy atom. The second-order valence-electron chi connectivity index (χ2n) is 7.48. The van der Waals surface area contributed by atoms with E-state index < -0.39 is 0 Å². The summed E-state index contributed by atoms with van der Waals surface area (Å²) in [7, 11) is 0. The molecular weight excluding hydrogens is 300 g/mol. The third kappa shape index (κ3) is 3.75. The first kappa shape index (κ1) is 16.3. The Balaban J connectivity index is 1.17. The highest BCUT2D eigenvalue weighted by Crippen LogP contribution is 2.31. The topological polar surface area (TPSA) is 45.0 Å². The monoisotopic (exact) mass is 330 g/mol. The van der Waals surface area contributed by atoms with Gasteiger partial charge in [-0.3, -0.25) is 10.7 Å². The Morgan fingerprint density at radius 2 is 1.50 bits per heavy atom. The van der Waals surface area contributed by atoms with Crippen LogP contribution in [0.25, 0.3) is 0 Å². The molecule has 3 aliphatic rings. The summed E-state index contributed by atoms with van der Waals surface area (Å²) in [6.45, 7) is 6.59. The zero-order chi connectivity index (χ0) is 16.4. The summed E-state index contributed by atoms with van der Waals surface area (Å²) in [5.74, 6) is 5.81. The fourth-order valence-corrected chi connectivity index (χ4v) is 4.22. The molecule has 4 rings (SSSR count). The maximum Gasteiger partial charge on any atom is 0.0608 e. The van der Waals surface area contributed by atoms with Gasteiger partial charge in [-0.15, -0.1) is 0 Å². The Hall–Kier alpha value is -1.14. The number of rotatable bonds is 4. The van der Waals surface area contributed by atoms with Crippen molar-refractivity contribution in [2.45, 2.75) is 43.9 Å². The molecule has 1 aliphatic carbocycles. The molecule has 1 aromatic rings. The quantitative estimate of drug-likeness (QED) is 0.851. The summed E-state index contributed by atoms with van der Waals surface area (Å²) < 4.78 is 6.27. The Bertz CT molecular complexity index is 503. The van der Waals surface area contributed by atoms with E-state index in [0.29, 0.717) is 12.2 Å². The number of hydrazine groups is 1. The molecule has 0 radical (unpaired) electrons. The predicted octanol–water partition coefficient (Wildman–Crippen LogP) is 1.69. The molecule has 1 aromatic carbocycles. The van der Waals surface area contributed by atoms with Crippen molar-refractivity contribution in [1.82, 2.24) is 9.91 Å². The highest BCUT2D eigenvalue weighted by Gasteiger charge is 2.37. The van der Waals surface area contributed by atoms with E-state index in [1.807, 2.05) is 5.01 Å². The molecule has 0 bridgehead atoms. The van der Waals surface area contributed by atoms with Gasteiger partial charge in [0.15, 0.2) is 0 Å². The maximum atomic E-state index is 6.27. The molecule has 0 spiro atoms. The lowest BCUT2D eigenvalue weighted by Gasteiger charge is -2.47. The molecule has 2 heterocycles. The molecule has 2 N–H and O–H groups in total. The minimum Gasteiger partial charge on any atom is -0.375 e. The van der Waals surface area contributed by atoms with Gasteiger partial charge in [0.25, 0.3) is 0 Å². The van der Waals surface area contributed by atoms with Crippen molar-refractivity contribution in [3.8, 4) is 0 Å². The van der Waals surface area contributed by atoms with Gasteiger partial charge in [-0.05, 0) is 37.8 Å². The van der Waals surface area contributed by atoms with Crippen molar-refractivity contribution in [2.24, 2.45) is 5.84 Å². The second-order valence-corrected chi connectivity index (χ2v) is 7.48. The number of hydrogen-bond donors (Lipinski definition) is 1. The molecule has 5 heteroatoms.